The van der Waals surface area contributed by atoms with Crippen LogP contribution in [0.2, 0.25) is 0 Å². The monoisotopic (exact) mass is 199 g/mol. The lowest BCUT2D eigenvalue weighted by molar-refractivity contribution is -0.128. The van der Waals surface area contributed by atoms with Gasteiger partial charge in [-0.3, -0.25) is 9.59 Å². The van der Waals surface area contributed by atoms with Crippen molar-refractivity contribution < 1.29 is 9.59 Å². The van der Waals surface area contributed by atoms with Gasteiger partial charge in [0.1, 0.15) is 6.42 Å². The molecular formula is C9H17N3O2. The van der Waals surface area contributed by atoms with Gasteiger partial charge in [-0.15, -0.1) is 0 Å². The van der Waals surface area contributed by atoms with Crippen LogP contribution in [-0.4, -0.2) is 30.9 Å². The van der Waals surface area contributed by atoms with Gasteiger partial charge >= 0.3 is 0 Å². The molecule has 2 unspecified atom stereocenters. The molecule has 2 amide bonds. The molecule has 5 heteroatoms. The van der Waals surface area contributed by atoms with Gasteiger partial charge in [0.05, 0.1) is 0 Å². The molecule has 1 saturated heterocycles. The smallest absolute Gasteiger partial charge is 0.229 e. The van der Waals surface area contributed by atoms with Crippen LogP contribution in [0.1, 0.15) is 19.8 Å². The van der Waals surface area contributed by atoms with E-state index in [4.69, 9.17) is 5.73 Å². The van der Waals surface area contributed by atoms with Crippen molar-refractivity contribution >= 4 is 11.8 Å². The number of amides is 2. The first kappa shape index (κ1) is 11.0. The van der Waals surface area contributed by atoms with E-state index in [1.807, 2.05) is 0 Å². The van der Waals surface area contributed by atoms with E-state index in [0.29, 0.717) is 5.92 Å². The third-order valence-electron chi connectivity index (χ3n) is 2.47. The van der Waals surface area contributed by atoms with Crippen molar-refractivity contribution in [1.29, 1.82) is 0 Å². The van der Waals surface area contributed by atoms with Gasteiger partial charge < -0.3 is 16.4 Å². The Kier molecular flexibility index (Phi) is 3.88. The van der Waals surface area contributed by atoms with Crippen LogP contribution in [0.5, 0.6) is 0 Å². The van der Waals surface area contributed by atoms with Gasteiger partial charge in [0.15, 0.2) is 0 Å². The fourth-order valence-corrected chi connectivity index (χ4v) is 1.64. The summed E-state index contributed by atoms with van der Waals surface area (Å²) >= 11 is 0. The molecule has 0 aromatic carbocycles. The number of carbonyl (C=O) groups is 2. The van der Waals surface area contributed by atoms with E-state index in [9.17, 15) is 9.59 Å². The lowest BCUT2D eigenvalue weighted by Crippen LogP contribution is -2.48. The van der Waals surface area contributed by atoms with Crippen LogP contribution in [-0.2, 0) is 9.59 Å². The maximum Gasteiger partial charge on any atom is 0.229 e. The summed E-state index contributed by atoms with van der Waals surface area (Å²) in [5, 5.41) is 6.06. The summed E-state index contributed by atoms with van der Waals surface area (Å²) in [6, 6.07) is 0.170. The molecule has 0 bridgehead atoms. The summed E-state index contributed by atoms with van der Waals surface area (Å²) in [6.07, 6.45) is 0.697. The van der Waals surface area contributed by atoms with Crippen LogP contribution in [0.25, 0.3) is 0 Å². The summed E-state index contributed by atoms with van der Waals surface area (Å²) in [7, 11) is 0. The van der Waals surface area contributed by atoms with Crippen molar-refractivity contribution in [2.75, 3.05) is 13.1 Å². The normalized spacial score (nSPS) is 26.9. The lowest BCUT2D eigenvalue weighted by Gasteiger charge is -2.30. The number of nitrogens with two attached hydrogens (primary N) is 1. The summed E-state index contributed by atoms with van der Waals surface area (Å²) in [5.41, 5.74) is 4.92. The summed E-state index contributed by atoms with van der Waals surface area (Å²) < 4.78 is 0. The highest BCUT2D eigenvalue weighted by Gasteiger charge is 2.22. The van der Waals surface area contributed by atoms with Gasteiger partial charge in [-0.2, -0.15) is 0 Å². The lowest BCUT2D eigenvalue weighted by atomic mass is 9.95. The number of carbonyl (C=O) groups excluding carboxylic acids is 2. The zero-order valence-electron chi connectivity index (χ0n) is 8.38. The minimum absolute atomic E-state index is 0.170. The molecule has 1 aliphatic rings. The third kappa shape index (κ3) is 3.33. The molecule has 0 spiro atoms. The van der Waals surface area contributed by atoms with Gasteiger partial charge in [-0.1, -0.05) is 6.92 Å². The summed E-state index contributed by atoms with van der Waals surface area (Å²) in [4.78, 5) is 21.7. The maximum atomic E-state index is 11.2. The Morgan fingerprint density at radius 1 is 1.57 bits per heavy atom. The van der Waals surface area contributed by atoms with Crippen LogP contribution in [0.3, 0.4) is 0 Å². The standard InChI is InChI=1S/C9H17N3O2/c1-6-5-11-3-2-7(6)12-9(14)4-8(10)13/h6-7,11H,2-5H2,1H3,(H2,10,13)(H,12,14). The highest BCUT2D eigenvalue weighted by atomic mass is 16.2. The molecule has 1 heterocycles. The van der Waals surface area contributed by atoms with Crippen molar-refractivity contribution in [1.82, 2.24) is 10.6 Å². The third-order valence-corrected chi connectivity index (χ3v) is 2.47. The van der Waals surface area contributed by atoms with E-state index in [1.165, 1.54) is 0 Å². The second kappa shape index (κ2) is 4.95. The van der Waals surface area contributed by atoms with E-state index >= 15 is 0 Å². The SMILES string of the molecule is CC1CNCCC1NC(=O)CC(N)=O. The van der Waals surface area contributed by atoms with Gasteiger partial charge in [0.25, 0.3) is 0 Å². The maximum absolute atomic E-state index is 11.2. The van der Waals surface area contributed by atoms with Gasteiger partial charge in [-0.05, 0) is 25.4 Å². The quantitative estimate of drug-likeness (QED) is 0.508. The molecule has 1 aliphatic heterocycles. The number of primary amides is 1. The summed E-state index contributed by atoms with van der Waals surface area (Å²) in [6.45, 7) is 3.88. The molecule has 0 saturated carbocycles. The minimum Gasteiger partial charge on any atom is -0.369 e. The Bertz CT molecular complexity index is 230. The molecule has 2 atom stereocenters. The zero-order valence-corrected chi connectivity index (χ0v) is 8.38. The van der Waals surface area contributed by atoms with Crippen LogP contribution in [0.4, 0.5) is 0 Å². The number of nitrogens with one attached hydrogen (secondary N) is 2. The van der Waals surface area contributed by atoms with E-state index in [2.05, 4.69) is 17.6 Å². The first-order chi connectivity index (χ1) is 6.59. The molecule has 1 fully saturated rings. The van der Waals surface area contributed by atoms with Crippen molar-refractivity contribution in [2.45, 2.75) is 25.8 Å². The molecule has 80 valence electrons. The second-order valence-electron chi connectivity index (χ2n) is 3.79. The van der Waals surface area contributed by atoms with E-state index in [1.54, 1.807) is 0 Å². The average Bonchev–Trinajstić information content (AvgIpc) is 2.07. The van der Waals surface area contributed by atoms with Gasteiger partial charge in [0, 0.05) is 6.04 Å². The molecular weight excluding hydrogens is 182 g/mol. The number of hydrogen-bond donors (Lipinski definition) is 3. The van der Waals surface area contributed by atoms with Crippen molar-refractivity contribution in [3.8, 4) is 0 Å². The zero-order chi connectivity index (χ0) is 10.6. The number of piperidine rings is 1. The van der Waals surface area contributed by atoms with Crippen molar-refractivity contribution in [3.63, 3.8) is 0 Å². The van der Waals surface area contributed by atoms with Crippen LogP contribution in [0, 0.1) is 5.92 Å². The molecule has 1 rings (SSSR count). The second-order valence-corrected chi connectivity index (χ2v) is 3.79. The Morgan fingerprint density at radius 2 is 2.29 bits per heavy atom. The predicted molar refractivity (Wildman–Crippen MR) is 52.4 cm³/mol. The van der Waals surface area contributed by atoms with E-state index in [0.717, 1.165) is 19.5 Å². The Morgan fingerprint density at radius 3 is 2.86 bits per heavy atom. The van der Waals surface area contributed by atoms with E-state index < -0.39 is 5.91 Å². The fourth-order valence-electron chi connectivity index (χ4n) is 1.64. The highest BCUT2D eigenvalue weighted by Crippen LogP contribution is 2.10. The van der Waals surface area contributed by atoms with Crippen LogP contribution < -0.4 is 16.4 Å². The Hall–Kier alpha value is -1.10. The van der Waals surface area contributed by atoms with Crippen LogP contribution >= 0.6 is 0 Å². The minimum atomic E-state index is -0.580. The fraction of sp³-hybridized carbons (Fsp3) is 0.778. The average molecular weight is 199 g/mol. The first-order valence-corrected chi connectivity index (χ1v) is 4.88. The molecule has 14 heavy (non-hydrogen) atoms. The number of hydrogen-bond acceptors (Lipinski definition) is 3. The molecule has 0 aromatic heterocycles. The summed E-state index contributed by atoms with van der Waals surface area (Å²) in [5.74, 6) is -0.444. The van der Waals surface area contributed by atoms with Gasteiger partial charge in [-0.25, -0.2) is 0 Å². The topological polar surface area (TPSA) is 84.2 Å². The molecule has 0 aromatic rings. The largest absolute Gasteiger partial charge is 0.369 e. The molecule has 0 aliphatic carbocycles. The van der Waals surface area contributed by atoms with Gasteiger partial charge in [0.2, 0.25) is 11.8 Å². The predicted octanol–water partition coefficient (Wildman–Crippen LogP) is -1.02. The Labute approximate surface area is 83.4 Å². The Balaban J connectivity index is 2.34. The molecule has 4 N–H and O–H groups in total. The highest BCUT2D eigenvalue weighted by molar-refractivity contribution is 5.96. The van der Waals surface area contributed by atoms with E-state index in [-0.39, 0.29) is 18.4 Å². The van der Waals surface area contributed by atoms with Crippen molar-refractivity contribution in [3.05, 3.63) is 0 Å². The number of rotatable bonds is 3. The molecule has 0 radical (unpaired) electrons. The van der Waals surface area contributed by atoms with Crippen molar-refractivity contribution in [2.24, 2.45) is 11.7 Å². The first-order valence-electron chi connectivity index (χ1n) is 4.88. The molecule has 5 nitrogen and oxygen atoms in total. The van der Waals surface area contributed by atoms with Crippen LogP contribution in [0.15, 0.2) is 0 Å².